The molecule has 6 heteroatoms. The second kappa shape index (κ2) is 24.3. The molecule has 0 saturated carbocycles. The van der Waals surface area contributed by atoms with Gasteiger partial charge in [0.25, 0.3) is 0 Å². The summed E-state index contributed by atoms with van der Waals surface area (Å²) in [4.78, 5) is 0. The Bertz CT molecular complexity index is 15.5. The molecule has 0 atom stereocenters. The molecule has 0 bridgehead atoms. The maximum atomic E-state index is 2.19. The Morgan fingerprint density at radius 3 is 1.50 bits per heavy atom. The molecule has 0 heterocycles. The van der Waals surface area contributed by atoms with Gasteiger partial charge in [-0.2, -0.15) is 0 Å². The topological polar surface area (TPSA) is 0 Å². The van der Waals surface area contributed by atoms with E-state index in [4.69, 9.17) is 0 Å². The summed E-state index contributed by atoms with van der Waals surface area (Å²) in [6.07, 6.45) is 0. The molecule has 0 fully saturated rings. The summed E-state index contributed by atoms with van der Waals surface area (Å²) in [5, 5.41) is 0. The van der Waals surface area contributed by atoms with Crippen LogP contribution in [0.15, 0.2) is 0 Å². The van der Waals surface area contributed by atoms with Gasteiger partial charge >= 0.3 is 63.2 Å². The summed E-state index contributed by atoms with van der Waals surface area (Å²) >= 11 is 1.79. The van der Waals surface area contributed by atoms with Crippen molar-refractivity contribution in [3.05, 3.63) is 0 Å². The minimum absolute atomic E-state index is 0. The average molecular weight is 478 g/mol. The summed E-state index contributed by atoms with van der Waals surface area (Å²) in [6.45, 7) is 0. The van der Waals surface area contributed by atoms with Crippen molar-refractivity contribution < 1.29 is 19.5 Å². The summed E-state index contributed by atoms with van der Waals surface area (Å²) in [7, 11) is 1.27. The predicted molar refractivity (Wildman–Crippen MR) is 42.7 cm³/mol. The van der Waals surface area contributed by atoms with Crippen molar-refractivity contribution in [3.63, 3.8) is 0 Å². The van der Waals surface area contributed by atoms with E-state index >= 15 is 0 Å². The van der Waals surface area contributed by atoms with Crippen LogP contribution in [-0.4, -0.2) is 80.5 Å². The van der Waals surface area contributed by atoms with Crippen LogP contribution in [0.1, 0.15) is 0 Å². The zero-order valence-corrected chi connectivity index (χ0v) is 16.5. The number of hydrogen-bond donors (Lipinski definition) is 0. The molecule has 0 N–H and O–H groups in total. The molecule has 0 aromatic carbocycles. The van der Waals surface area contributed by atoms with Crippen molar-refractivity contribution in [1.29, 1.82) is 0 Å². The quantitative estimate of drug-likeness (QED) is 0.308. The molecule has 0 aliphatic rings. The summed E-state index contributed by atoms with van der Waals surface area (Å²) in [6, 6.07) is 0. The Labute approximate surface area is 98.2 Å². The summed E-state index contributed by atoms with van der Waals surface area (Å²) < 4.78 is 2.19. The zero-order chi connectivity index (χ0) is 2.71. The first kappa shape index (κ1) is 22.9. The molecule has 6 heavy (non-hydrogen) atoms. The van der Waals surface area contributed by atoms with Crippen LogP contribution in [-0.2, 0) is 19.5 Å². The Hall–Kier alpha value is 3.11. The minimum Gasteiger partial charge on any atom is 0 e. The zero-order valence-electron chi connectivity index (χ0n) is 3.44. The second-order valence-corrected chi connectivity index (χ2v) is 5.20. The number of rotatable bonds is 0. The minimum atomic E-state index is 0. The van der Waals surface area contributed by atoms with E-state index in [-0.39, 0.29) is 63.0 Å². The van der Waals surface area contributed by atoms with Crippen molar-refractivity contribution in [2.45, 2.75) is 0 Å². The molecule has 0 aliphatic heterocycles. The van der Waals surface area contributed by atoms with Gasteiger partial charge in [-0.3, -0.25) is 0 Å². The average Bonchev–Trinajstić information content (AvgIpc) is 0.918. The smallest absolute Gasteiger partial charge is 0 e. The van der Waals surface area contributed by atoms with Gasteiger partial charge < -0.3 is 0 Å². The molecule has 0 spiro atoms. The fourth-order valence-corrected chi connectivity index (χ4v) is 0. The van der Waals surface area contributed by atoms with Gasteiger partial charge in [0.1, 0.15) is 0 Å². The van der Waals surface area contributed by atoms with E-state index in [9.17, 15) is 0 Å². The molecule has 0 amide bonds. The Morgan fingerprint density at radius 1 is 1.50 bits per heavy atom. The molecule has 0 nitrogen and oxygen atoms in total. The van der Waals surface area contributed by atoms with Crippen LogP contribution in [0.4, 0.5) is 0 Å². The maximum absolute atomic E-state index is 2.19. The van der Waals surface area contributed by atoms with E-state index in [1.165, 1.54) is 10.1 Å². The normalized spacial score (nSPS) is 2.83. The Balaban J connectivity index is -0.00000000667. The van der Waals surface area contributed by atoms with E-state index in [1.807, 2.05) is 0 Å². The van der Waals surface area contributed by atoms with E-state index in [0.717, 1.165) is 0 Å². The van der Waals surface area contributed by atoms with Gasteiger partial charge in [0.05, 0.1) is 0 Å². The third-order valence-electron chi connectivity index (χ3n) is 0. The van der Waals surface area contributed by atoms with Crippen LogP contribution in [0.25, 0.3) is 0 Å². The Kier molecular flexibility index (Phi) is 92.8. The molecule has 0 aromatic heterocycles. The first-order chi connectivity index (χ1) is 1.41. The third-order valence-corrected chi connectivity index (χ3v) is 0. The van der Waals surface area contributed by atoms with E-state index in [1.54, 1.807) is 22.1 Å². The monoisotopic (exact) mass is 479 g/mol. The van der Waals surface area contributed by atoms with Crippen LogP contribution in [0.3, 0.4) is 0 Å². The van der Waals surface area contributed by atoms with Gasteiger partial charge in [-0.05, 0) is 0 Å². The van der Waals surface area contributed by atoms with Crippen molar-refractivity contribution in [1.82, 2.24) is 0 Å². The van der Waals surface area contributed by atoms with E-state index < -0.39 is 0 Å². The summed E-state index contributed by atoms with van der Waals surface area (Å²) in [5.41, 5.74) is 0. The van der Waals surface area contributed by atoms with Gasteiger partial charge in [0.2, 0.25) is 0 Å². The molecule has 0 aliphatic carbocycles. The van der Waals surface area contributed by atoms with Gasteiger partial charge in [0.15, 0.2) is 17.4 Å². The van der Waals surface area contributed by atoms with Crippen molar-refractivity contribution in [3.8, 4) is 0 Å². The first-order valence-corrected chi connectivity index (χ1v) is 3.46. The van der Waals surface area contributed by atoms with Crippen LogP contribution in [0.2, 0.25) is 0 Å². The van der Waals surface area contributed by atoms with Crippen molar-refractivity contribution in [2.75, 3.05) is 0 Å². The largest absolute Gasteiger partial charge is 0 e. The SMILES string of the molecule is [AlH3].[BiH3].[SiH3][B][TeH].[Zn]. The van der Waals surface area contributed by atoms with Crippen molar-refractivity contribution in [2.24, 2.45) is 0 Å². The predicted octanol–water partition coefficient (Wildman–Crippen LogP) is -4.58. The van der Waals surface area contributed by atoms with E-state index in [2.05, 4.69) is 4.77 Å². The molecule has 1 radical (unpaired) electrons. The van der Waals surface area contributed by atoms with Crippen molar-refractivity contribution >= 4 is 80.5 Å². The van der Waals surface area contributed by atoms with Crippen LogP contribution in [0, 0.1) is 0 Å². The standard InChI is InChI=1S/Al.BH4SiTe.Bi.Zn.6H/c;2-1-3;;;;;;;;/h;3H,2H3;;;;;;;;. The van der Waals surface area contributed by atoms with Crippen LogP contribution < -0.4 is 0 Å². The second-order valence-electron chi connectivity index (χ2n) is 0.258. The first-order valence-electron chi connectivity index (χ1n) is 0.836. The molecule has 33 valence electrons. The fraction of sp³-hybridized carbons (Fsp3) is 0. The van der Waals surface area contributed by atoms with Gasteiger partial charge in [0, 0.05) is 19.5 Å². The molecular formula is H10AlBBiSiTeZn. The molecule has 0 rings (SSSR count). The van der Waals surface area contributed by atoms with Crippen LogP contribution in [0.5, 0.6) is 0 Å². The molecular weight excluding hydrogens is 468 g/mol. The third kappa shape index (κ3) is 27.4. The fourth-order valence-electron chi connectivity index (χ4n) is 0. The van der Waals surface area contributed by atoms with Gasteiger partial charge in [-0.25, -0.2) is 0 Å². The number of hydrogen-bond acceptors (Lipinski definition) is 0. The van der Waals surface area contributed by atoms with Gasteiger partial charge in [-0.15, -0.1) is 0 Å². The maximum Gasteiger partial charge on any atom is 0 e. The summed E-state index contributed by atoms with van der Waals surface area (Å²) in [5.74, 6) is 0. The van der Waals surface area contributed by atoms with Crippen LogP contribution >= 0.6 is 0 Å². The molecule has 0 unspecified atom stereocenters. The molecule has 0 saturated heterocycles. The van der Waals surface area contributed by atoms with Gasteiger partial charge in [-0.1, -0.05) is 0 Å². The molecule has 0 aromatic rings. The Morgan fingerprint density at radius 2 is 1.50 bits per heavy atom. The van der Waals surface area contributed by atoms with E-state index in [0.29, 0.717) is 0 Å².